The van der Waals surface area contributed by atoms with Crippen LogP contribution >= 0.6 is 0 Å². The third-order valence-electron chi connectivity index (χ3n) is 4.96. The number of aromatic nitrogens is 4. The molecule has 2 aromatic heterocycles. The van der Waals surface area contributed by atoms with Crippen LogP contribution in [-0.4, -0.2) is 80.6 Å². The summed E-state index contributed by atoms with van der Waals surface area (Å²) < 4.78 is 7.42. The van der Waals surface area contributed by atoms with Crippen molar-refractivity contribution in [1.82, 2.24) is 24.8 Å². The lowest BCUT2D eigenvalue weighted by Gasteiger charge is -2.23. The molecule has 11 nitrogen and oxygen atoms in total. The van der Waals surface area contributed by atoms with Gasteiger partial charge in [-0.05, 0) is 12.3 Å². The molecular formula is C18H29N7O4. The van der Waals surface area contributed by atoms with E-state index >= 15 is 0 Å². The molecule has 1 aliphatic heterocycles. The largest absolute Gasteiger partial charge is 0.394 e. The maximum atomic E-state index is 12.4. The molecule has 29 heavy (non-hydrogen) atoms. The van der Waals surface area contributed by atoms with E-state index in [-0.39, 0.29) is 12.5 Å². The molecule has 1 fully saturated rings. The number of carbonyl (C=O) groups is 1. The van der Waals surface area contributed by atoms with Crippen LogP contribution in [0.15, 0.2) is 12.7 Å². The number of aliphatic hydroxyl groups is 2. The first-order chi connectivity index (χ1) is 13.7. The normalized spacial score (nSPS) is 25.5. The summed E-state index contributed by atoms with van der Waals surface area (Å²) in [4.78, 5) is 27.1. The molecule has 11 heteroatoms. The Hall–Kier alpha value is -2.34. The van der Waals surface area contributed by atoms with Crippen LogP contribution < -0.4 is 16.0 Å². The van der Waals surface area contributed by atoms with Crippen molar-refractivity contribution in [2.24, 2.45) is 11.7 Å². The molecule has 160 valence electrons. The maximum Gasteiger partial charge on any atom is 0.237 e. The van der Waals surface area contributed by atoms with Gasteiger partial charge in [0.25, 0.3) is 0 Å². The highest BCUT2D eigenvalue weighted by Gasteiger charge is 2.46. The van der Waals surface area contributed by atoms with Crippen molar-refractivity contribution in [1.29, 1.82) is 0 Å². The Balaban J connectivity index is 1.85. The minimum atomic E-state index is -1.13. The Labute approximate surface area is 168 Å². The molecule has 1 aliphatic rings. The molecule has 1 saturated heterocycles. The molecule has 1 amide bonds. The van der Waals surface area contributed by atoms with Crippen LogP contribution in [0, 0.1) is 5.92 Å². The van der Waals surface area contributed by atoms with Gasteiger partial charge in [-0.3, -0.25) is 9.36 Å². The minimum Gasteiger partial charge on any atom is -0.394 e. The number of imidazole rings is 1. The quantitative estimate of drug-likeness (QED) is 0.453. The molecular weight excluding hydrogens is 378 g/mol. The second-order valence-electron chi connectivity index (χ2n) is 7.92. The summed E-state index contributed by atoms with van der Waals surface area (Å²) in [7, 11) is 3.69. The predicted octanol–water partition coefficient (Wildman–Crippen LogP) is -0.999. The molecule has 2 aromatic rings. The van der Waals surface area contributed by atoms with Gasteiger partial charge in [-0.2, -0.15) is 0 Å². The van der Waals surface area contributed by atoms with Gasteiger partial charge in [0.2, 0.25) is 5.91 Å². The highest BCUT2D eigenvalue weighted by Crippen LogP contribution is 2.32. The van der Waals surface area contributed by atoms with Crippen LogP contribution in [0.4, 0.5) is 5.82 Å². The van der Waals surface area contributed by atoms with E-state index in [4.69, 9.17) is 10.5 Å². The average Bonchev–Trinajstić information content (AvgIpc) is 3.22. The zero-order valence-corrected chi connectivity index (χ0v) is 17.1. The number of nitrogens with zero attached hydrogens (tertiary/aromatic N) is 5. The van der Waals surface area contributed by atoms with Gasteiger partial charge in [-0.25, -0.2) is 15.0 Å². The van der Waals surface area contributed by atoms with Crippen molar-refractivity contribution < 1.29 is 19.7 Å². The number of nitrogens with one attached hydrogen (secondary N) is 1. The molecule has 0 aliphatic carbocycles. The first-order valence-corrected chi connectivity index (χ1v) is 9.59. The number of amides is 1. The molecule has 0 saturated carbocycles. The minimum absolute atomic E-state index is 0.254. The number of aliphatic hydroxyl groups excluding tert-OH is 2. The molecule has 3 rings (SSSR count). The molecule has 0 unspecified atom stereocenters. The summed E-state index contributed by atoms with van der Waals surface area (Å²) in [5.74, 6) is 0.493. The molecule has 5 atom stereocenters. The number of anilines is 1. The summed E-state index contributed by atoms with van der Waals surface area (Å²) in [5.41, 5.74) is 6.98. The van der Waals surface area contributed by atoms with Crippen molar-refractivity contribution >= 4 is 22.9 Å². The van der Waals surface area contributed by atoms with Gasteiger partial charge in [0, 0.05) is 14.1 Å². The lowest BCUT2D eigenvalue weighted by atomic mass is 10.0. The molecule has 3 heterocycles. The fourth-order valence-corrected chi connectivity index (χ4v) is 3.55. The summed E-state index contributed by atoms with van der Waals surface area (Å²) >= 11 is 0. The Bertz CT molecular complexity index is 856. The van der Waals surface area contributed by atoms with Gasteiger partial charge in [-0.1, -0.05) is 13.8 Å². The van der Waals surface area contributed by atoms with E-state index < -0.39 is 36.4 Å². The lowest BCUT2D eigenvalue weighted by molar-refractivity contribution is -0.124. The number of carbonyl (C=O) groups excluding carboxylic acids is 1. The van der Waals surface area contributed by atoms with Gasteiger partial charge in [-0.15, -0.1) is 0 Å². The maximum absolute atomic E-state index is 12.4. The van der Waals surface area contributed by atoms with E-state index in [2.05, 4.69) is 20.3 Å². The number of nitrogens with two attached hydrogens (primary N) is 1. The standard InChI is InChI=1S/C18H29N7O4/c1-9(2)5-10(19)17(28)23-12-11(6-26)29-18(14(12)27)25-8-22-13-15(24(3)4)20-7-21-16(13)25/h7-12,14,18,26-27H,5-6,19H2,1-4H3,(H,23,28)/t10-,11+,12+,14+,18+/m0/s1. The van der Waals surface area contributed by atoms with E-state index in [0.29, 0.717) is 23.4 Å². The van der Waals surface area contributed by atoms with E-state index in [1.54, 1.807) is 4.57 Å². The highest BCUT2D eigenvalue weighted by molar-refractivity contribution is 5.83. The molecule has 0 aromatic carbocycles. The Morgan fingerprint density at radius 2 is 2.10 bits per heavy atom. The van der Waals surface area contributed by atoms with Crippen LogP contribution in [0.25, 0.3) is 11.2 Å². The first kappa shape index (κ1) is 21.4. The van der Waals surface area contributed by atoms with Gasteiger partial charge in [0.05, 0.1) is 25.0 Å². The first-order valence-electron chi connectivity index (χ1n) is 9.59. The summed E-state index contributed by atoms with van der Waals surface area (Å²) in [5, 5.41) is 23.3. The number of fused-ring (bicyclic) bond motifs is 1. The second kappa shape index (κ2) is 8.57. The molecule has 0 bridgehead atoms. The third kappa shape index (κ3) is 4.17. The van der Waals surface area contributed by atoms with Gasteiger partial charge in [0.1, 0.15) is 18.5 Å². The fourth-order valence-electron chi connectivity index (χ4n) is 3.55. The SMILES string of the molecule is CC(C)C[C@H](N)C(=O)N[C@H]1[C@@H](O)[C@H](n2cnc3c(N(C)C)ncnc32)O[C@@H]1CO. The summed E-state index contributed by atoms with van der Waals surface area (Å²) in [6.45, 7) is 3.57. The number of rotatable bonds is 7. The fraction of sp³-hybridized carbons (Fsp3) is 0.667. The zero-order chi connectivity index (χ0) is 21.3. The Kier molecular flexibility index (Phi) is 6.32. The van der Waals surface area contributed by atoms with E-state index in [1.165, 1.54) is 12.7 Å². The summed E-state index contributed by atoms with van der Waals surface area (Å²) in [6.07, 6.45) is 0.622. The lowest BCUT2D eigenvalue weighted by Crippen LogP contribution is -2.53. The van der Waals surface area contributed by atoms with Gasteiger partial charge < -0.3 is 30.9 Å². The van der Waals surface area contributed by atoms with Crippen LogP contribution in [0.3, 0.4) is 0 Å². The number of ether oxygens (including phenoxy) is 1. The highest BCUT2D eigenvalue weighted by atomic mass is 16.5. The van der Waals surface area contributed by atoms with Crippen molar-refractivity contribution in [3.8, 4) is 0 Å². The zero-order valence-electron chi connectivity index (χ0n) is 17.1. The topological polar surface area (TPSA) is 152 Å². The third-order valence-corrected chi connectivity index (χ3v) is 4.96. The summed E-state index contributed by atoms with van der Waals surface area (Å²) in [6, 6.07) is -1.52. The van der Waals surface area contributed by atoms with Gasteiger partial charge in [0.15, 0.2) is 23.2 Å². The monoisotopic (exact) mass is 407 g/mol. The van der Waals surface area contributed by atoms with Crippen molar-refractivity contribution in [3.63, 3.8) is 0 Å². The van der Waals surface area contributed by atoms with Crippen molar-refractivity contribution in [3.05, 3.63) is 12.7 Å². The van der Waals surface area contributed by atoms with E-state index in [0.717, 1.165) is 0 Å². The van der Waals surface area contributed by atoms with E-state index in [1.807, 2.05) is 32.8 Å². The van der Waals surface area contributed by atoms with Crippen LogP contribution in [-0.2, 0) is 9.53 Å². The smallest absolute Gasteiger partial charge is 0.237 e. The van der Waals surface area contributed by atoms with Crippen molar-refractivity contribution in [2.45, 2.75) is 50.8 Å². The van der Waals surface area contributed by atoms with Crippen LogP contribution in [0.1, 0.15) is 26.5 Å². The van der Waals surface area contributed by atoms with Crippen LogP contribution in [0.5, 0.6) is 0 Å². The molecule has 0 spiro atoms. The molecule has 0 radical (unpaired) electrons. The predicted molar refractivity (Wildman–Crippen MR) is 106 cm³/mol. The Morgan fingerprint density at radius 1 is 1.38 bits per heavy atom. The van der Waals surface area contributed by atoms with Gasteiger partial charge >= 0.3 is 0 Å². The average molecular weight is 407 g/mol. The second-order valence-corrected chi connectivity index (χ2v) is 7.92. The number of hydrogen-bond donors (Lipinski definition) is 4. The van der Waals surface area contributed by atoms with E-state index in [9.17, 15) is 15.0 Å². The van der Waals surface area contributed by atoms with Crippen LogP contribution in [0.2, 0.25) is 0 Å². The Morgan fingerprint density at radius 3 is 2.72 bits per heavy atom. The number of hydrogen-bond acceptors (Lipinski definition) is 9. The molecule has 5 N–H and O–H groups in total. The van der Waals surface area contributed by atoms with Crippen molar-refractivity contribution in [2.75, 3.05) is 25.6 Å².